The predicted molar refractivity (Wildman–Crippen MR) is 239 cm³/mol. The van der Waals surface area contributed by atoms with E-state index in [4.69, 9.17) is 4.42 Å². The highest BCUT2D eigenvalue weighted by atomic mass is 32.1. The number of furan rings is 1. The average molecular weight is 731 g/mol. The summed E-state index contributed by atoms with van der Waals surface area (Å²) in [5.41, 5.74) is 16.2. The van der Waals surface area contributed by atoms with Gasteiger partial charge in [-0.3, -0.25) is 0 Å². The molecule has 0 amide bonds. The molecular weight excluding hydrogens is 697 g/mol. The molecule has 0 aliphatic heterocycles. The van der Waals surface area contributed by atoms with Crippen LogP contribution in [0.5, 0.6) is 0 Å². The zero-order valence-corrected chi connectivity index (χ0v) is 31.3. The van der Waals surface area contributed by atoms with E-state index < -0.39 is 0 Å². The van der Waals surface area contributed by atoms with Gasteiger partial charge in [-0.15, -0.1) is 11.3 Å². The summed E-state index contributed by atoms with van der Waals surface area (Å²) in [5, 5.41) is 4.96. The number of hydrogen-bond acceptors (Lipinski definition) is 2. The maximum Gasteiger partial charge on any atom is 0.136 e. The Balaban J connectivity index is 0.878. The lowest BCUT2D eigenvalue weighted by Gasteiger charge is -2.11. The van der Waals surface area contributed by atoms with E-state index in [2.05, 4.69) is 194 Å². The van der Waals surface area contributed by atoms with Crippen LogP contribution in [0.4, 0.5) is 0 Å². The van der Waals surface area contributed by atoms with Crippen molar-refractivity contribution in [2.75, 3.05) is 0 Å². The fourth-order valence-corrected chi connectivity index (χ4v) is 9.35. The quantitative estimate of drug-likeness (QED) is 0.166. The van der Waals surface area contributed by atoms with Gasteiger partial charge in [0.2, 0.25) is 0 Å². The van der Waals surface area contributed by atoms with Gasteiger partial charge in [-0.2, -0.15) is 0 Å². The summed E-state index contributed by atoms with van der Waals surface area (Å²) in [5.74, 6) is 0. The summed E-state index contributed by atoms with van der Waals surface area (Å²) in [4.78, 5) is 0. The summed E-state index contributed by atoms with van der Waals surface area (Å²) in [6, 6.07) is 74.8. The minimum atomic E-state index is 0.913. The second-order valence-corrected chi connectivity index (χ2v) is 15.6. The van der Waals surface area contributed by atoms with Crippen LogP contribution in [-0.4, -0.2) is 0 Å². The Bertz CT molecular complexity index is 3050. The van der Waals surface area contributed by atoms with Crippen LogP contribution in [0.2, 0.25) is 0 Å². The van der Waals surface area contributed by atoms with E-state index in [-0.39, 0.29) is 0 Å². The number of fused-ring (bicyclic) bond motifs is 6. The molecule has 2 aromatic heterocycles. The van der Waals surface area contributed by atoms with Gasteiger partial charge in [0.25, 0.3) is 0 Å². The van der Waals surface area contributed by atoms with Crippen molar-refractivity contribution < 1.29 is 4.42 Å². The molecule has 0 saturated carbocycles. The maximum absolute atomic E-state index is 6.21. The number of para-hydroxylation sites is 1. The topological polar surface area (TPSA) is 13.1 Å². The summed E-state index contributed by atoms with van der Waals surface area (Å²) in [6.45, 7) is 0. The lowest BCUT2D eigenvalue weighted by Crippen LogP contribution is -1.86. The van der Waals surface area contributed by atoms with Gasteiger partial charge >= 0.3 is 0 Å². The van der Waals surface area contributed by atoms with Gasteiger partial charge in [-0.25, -0.2) is 0 Å². The summed E-state index contributed by atoms with van der Waals surface area (Å²) < 4.78 is 8.87. The molecular formula is C54H34OS. The number of benzene rings is 9. The molecule has 11 aromatic rings. The third kappa shape index (κ3) is 5.80. The standard InChI is InChI=1S/C54H34OS/c1-3-22-51-47(20-1)48-26-24-45(33-52(48)55-51)43-18-8-16-41(31-43)39-14-6-12-37(29-39)35-10-5-11-36(28-35)38-13-7-15-40(30-38)42-17-9-19-44(32-42)46-25-27-50-49-21-2-4-23-53(49)56-54(50)34-46/h1-34H. The Morgan fingerprint density at radius 3 is 1.09 bits per heavy atom. The van der Waals surface area contributed by atoms with Crippen LogP contribution < -0.4 is 0 Å². The zero-order valence-electron chi connectivity index (χ0n) is 30.4. The lowest BCUT2D eigenvalue weighted by atomic mass is 9.93. The van der Waals surface area contributed by atoms with Crippen LogP contribution in [0, 0.1) is 0 Å². The molecule has 0 fully saturated rings. The third-order valence-electron chi connectivity index (χ3n) is 11.1. The number of thiophene rings is 1. The average Bonchev–Trinajstić information content (AvgIpc) is 3.84. The van der Waals surface area contributed by atoms with Crippen molar-refractivity contribution in [1.82, 2.24) is 0 Å². The Morgan fingerprint density at radius 2 is 0.589 bits per heavy atom. The molecule has 2 heterocycles. The fourth-order valence-electron chi connectivity index (χ4n) is 8.20. The normalized spacial score (nSPS) is 11.6. The molecule has 0 aliphatic rings. The molecule has 2 heteroatoms. The minimum Gasteiger partial charge on any atom is -0.456 e. The Kier molecular flexibility index (Phi) is 7.75. The molecule has 1 nitrogen and oxygen atoms in total. The largest absolute Gasteiger partial charge is 0.456 e. The second-order valence-electron chi connectivity index (χ2n) is 14.5. The minimum absolute atomic E-state index is 0.913. The van der Waals surface area contributed by atoms with Crippen LogP contribution in [0.25, 0.3) is 109 Å². The second kappa shape index (κ2) is 13.4. The van der Waals surface area contributed by atoms with Gasteiger partial charge in [-0.1, -0.05) is 146 Å². The smallest absolute Gasteiger partial charge is 0.136 e. The van der Waals surface area contributed by atoms with E-state index in [1.54, 1.807) is 0 Å². The molecule has 9 aromatic carbocycles. The molecule has 0 aliphatic carbocycles. The Morgan fingerprint density at radius 1 is 0.232 bits per heavy atom. The molecule has 0 saturated heterocycles. The molecule has 0 bridgehead atoms. The van der Waals surface area contributed by atoms with Crippen molar-refractivity contribution in [3.05, 3.63) is 206 Å². The van der Waals surface area contributed by atoms with Crippen LogP contribution in [0.15, 0.2) is 211 Å². The molecule has 0 unspecified atom stereocenters. The number of rotatable bonds is 6. The summed E-state index contributed by atoms with van der Waals surface area (Å²) in [6.07, 6.45) is 0. The maximum atomic E-state index is 6.21. The monoisotopic (exact) mass is 730 g/mol. The molecule has 56 heavy (non-hydrogen) atoms. The predicted octanol–water partition coefficient (Wildman–Crippen LogP) is 16.0. The highest BCUT2D eigenvalue weighted by molar-refractivity contribution is 7.25. The van der Waals surface area contributed by atoms with Gasteiger partial charge in [0.1, 0.15) is 11.2 Å². The first-order valence-electron chi connectivity index (χ1n) is 19.1. The van der Waals surface area contributed by atoms with Gasteiger partial charge in [0.15, 0.2) is 0 Å². The Labute approximate surface area is 329 Å². The van der Waals surface area contributed by atoms with E-state index in [9.17, 15) is 0 Å². The van der Waals surface area contributed by atoms with Gasteiger partial charge in [0, 0.05) is 30.9 Å². The SMILES string of the molecule is c1cc(-c2cccc(-c3cccc(-c4ccc5c(c4)oc4ccccc45)c3)c2)cc(-c2cccc(-c3cccc(-c4ccc5c(c4)sc4ccccc45)c3)c2)c1. The van der Waals surface area contributed by atoms with Gasteiger partial charge in [0.05, 0.1) is 0 Å². The summed E-state index contributed by atoms with van der Waals surface area (Å²) in [7, 11) is 0. The molecule has 262 valence electrons. The fraction of sp³-hybridized carbons (Fsp3) is 0. The highest BCUT2D eigenvalue weighted by Gasteiger charge is 2.12. The first-order valence-corrected chi connectivity index (χ1v) is 19.9. The van der Waals surface area contributed by atoms with Crippen LogP contribution >= 0.6 is 11.3 Å². The van der Waals surface area contributed by atoms with Crippen molar-refractivity contribution >= 4 is 53.4 Å². The molecule has 0 spiro atoms. The Hall–Kier alpha value is -7.00. The molecule has 0 N–H and O–H groups in total. The molecule has 0 radical (unpaired) electrons. The first kappa shape index (κ1) is 32.4. The van der Waals surface area contributed by atoms with E-state index in [1.165, 1.54) is 81.4 Å². The van der Waals surface area contributed by atoms with Crippen LogP contribution in [0.3, 0.4) is 0 Å². The van der Waals surface area contributed by atoms with E-state index in [0.717, 1.165) is 27.5 Å². The van der Waals surface area contributed by atoms with E-state index >= 15 is 0 Å². The highest BCUT2D eigenvalue weighted by Crippen LogP contribution is 2.38. The van der Waals surface area contributed by atoms with Gasteiger partial charge in [-0.05, 0) is 127 Å². The van der Waals surface area contributed by atoms with Crippen molar-refractivity contribution in [3.63, 3.8) is 0 Å². The summed E-state index contributed by atoms with van der Waals surface area (Å²) >= 11 is 1.87. The van der Waals surface area contributed by atoms with Crippen molar-refractivity contribution in [2.45, 2.75) is 0 Å². The number of hydrogen-bond donors (Lipinski definition) is 0. The van der Waals surface area contributed by atoms with E-state index in [0.29, 0.717) is 0 Å². The van der Waals surface area contributed by atoms with Crippen molar-refractivity contribution in [1.29, 1.82) is 0 Å². The van der Waals surface area contributed by atoms with E-state index in [1.807, 2.05) is 23.5 Å². The molecule has 11 rings (SSSR count). The van der Waals surface area contributed by atoms with Crippen molar-refractivity contribution in [3.8, 4) is 66.8 Å². The van der Waals surface area contributed by atoms with Crippen molar-refractivity contribution in [2.24, 2.45) is 0 Å². The van der Waals surface area contributed by atoms with Crippen LogP contribution in [-0.2, 0) is 0 Å². The van der Waals surface area contributed by atoms with Crippen LogP contribution in [0.1, 0.15) is 0 Å². The zero-order chi connectivity index (χ0) is 37.0. The molecule has 0 atom stereocenters. The lowest BCUT2D eigenvalue weighted by molar-refractivity contribution is 0.669. The first-order chi connectivity index (χ1) is 27.7. The third-order valence-corrected chi connectivity index (χ3v) is 12.2. The van der Waals surface area contributed by atoms with Gasteiger partial charge < -0.3 is 4.42 Å².